The normalized spacial score (nSPS) is 19.5. The van der Waals surface area contributed by atoms with E-state index in [0.29, 0.717) is 18.7 Å². The minimum Gasteiger partial charge on any atom is -0.480 e. The molecule has 0 aliphatic carbocycles. The summed E-state index contributed by atoms with van der Waals surface area (Å²) in [4.78, 5) is 52.0. The molecule has 0 saturated carbocycles. The number of amides is 4. The molecule has 2 heterocycles. The molecular weight excluding hydrogens is 402 g/mol. The summed E-state index contributed by atoms with van der Waals surface area (Å²) in [5.41, 5.74) is 2.53. The summed E-state index contributed by atoms with van der Waals surface area (Å²) in [5.74, 6) is -2.37. The summed E-state index contributed by atoms with van der Waals surface area (Å²) in [5, 5.41) is 20.8. The van der Waals surface area contributed by atoms with Crippen LogP contribution in [0.3, 0.4) is 0 Å². The number of aliphatic carboxylic acids is 1. The van der Waals surface area contributed by atoms with Gasteiger partial charge in [0, 0.05) is 18.5 Å². The minimum absolute atomic E-state index is 0.139. The number of aliphatic hydroxyl groups is 1. The van der Waals surface area contributed by atoms with Crippen molar-refractivity contribution in [3.63, 3.8) is 0 Å². The zero-order valence-electron chi connectivity index (χ0n) is 16.7. The molecule has 4 rings (SSSR count). The predicted octanol–water partition coefficient (Wildman–Crippen LogP) is 1.14. The monoisotopic (exact) mass is 423 g/mol. The lowest BCUT2D eigenvalue weighted by Crippen LogP contribution is -2.47. The first kappa shape index (κ1) is 20.5. The van der Waals surface area contributed by atoms with Crippen LogP contribution in [0.2, 0.25) is 0 Å². The number of carboxylic acids is 1. The standard InChI is InChI=1S/C22H21N3O6/c1-12(26)18(21(29)30)23-19(27)13-6-8-16(9-7-13)25-20(28)17-10-14-4-2-3-5-15(14)11-24(17)22(25)31/h2-9,12,17-18,26H,10-11H2,1H3,(H,23,27)(H,29,30)/t12-,17+,18+/m1/s1. The van der Waals surface area contributed by atoms with E-state index in [-0.39, 0.29) is 11.5 Å². The van der Waals surface area contributed by atoms with Gasteiger partial charge in [-0.05, 0) is 42.3 Å². The SMILES string of the molecule is C[C@@H](O)[C@H](NC(=O)c1ccc(N2C(=O)[C@@H]3Cc4ccccc4CN3C2=O)cc1)C(=O)O. The first-order valence-electron chi connectivity index (χ1n) is 9.81. The number of carbonyl (C=O) groups is 4. The summed E-state index contributed by atoms with van der Waals surface area (Å²) < 4.78 is 0. The summed E-state index contributed by atoms with van der Waals surface area (Å²) in [6.45, 7) is 1.62. The molecule has 0 aromatic heterocycles. The van der Waals surface area contributed by atoms with Gasteiger partial charge in [0.05, 0.1) is 11.8 Å². The third kappa shape index (κ3) is 3.64. The Morgan fingerprint density at radius 2 is 1.71 bits per heavy atom. The molecule has 3 atom stereocenters. The van der Waals surface area contributed by atoms with Crippen molar-refractivity contribution in [2.45, 2.75) is 38.1 Å². The number of hydrogen-bond acceptors (Lipinski definition) is 5. The number of aliphatic hydroxyl groups excluding tert-OH is 1. The Labute approximate surface area is 177 Å². The Hall–Kier alpha value is -3.72. The molecule has 1 fully saturated rings. The average Bonchev–Trinajstić information content (AvgIpc) is 2.99. The van der Waals surface area contributed by atoms with E-state index >= 15 is 0 Å². The average molecular weight is 423 g/mol. The van der Waals surface area contributed by atoms with Gasteiger partial charge in [0.1, 0.15) is 6.04 Å². The molecule has 31 heavy (non-hydrogen) atoms. The molecule has 2 aliphatic rings. The highest BCUT2D eigenvalue weighted by Crippen LogP contribution is 2.32. The van der Waals surface area contributed by atoms with Crippen molar-refractivity contribution in [2.75, 3.05) is 4.90 Å². The Morgan fingerprint density at radius 1 is 1.06 bits per heavy atom. The third-order valence-electron chi connectivity index (χ3n) is 5.61. The third-order valence-corrected chi connectivity index (χ3v) is 5.61. The smallest absolute Gasteiger partial charge is 0.332 e. The highest BCUT2D eigenvalue weighted by Gasteiger charge is 2.47. The lowest BCUT2D eigenvalue weighted by Gasteiger charge is -2.28. The maximum atomic E-state index is 13.0. The fourth-order valence-electron chi connectivity index (χ4n) is 3.93. The second-order valence-electron chi connectivity index (χ2n) is 7.65. The molecule has 0 bridgehead atoms. The largest absolute Gasteiger partial charge is 0.480 e. The molecule has 1 saturated heterocycles. The summed E-state index contributed by atoms with van der Waals surface area (Å²) >= 11 is 0. The molecule has 9 heteroatoms. The molecule has 2 aromatic rings. The number of hydrogen-bond donors (Lipinski definition) is 3. The summed E-state index contributed by atoms with van der Waals surface area (Å²) in [7, 11) is 0. The van der Waals surface area contributed by atoms with E-state index in [1.165, 1.54) is 31.2 Å². The Morgan fingerprint density at radius 3 is 2.32 bits per heavy atom. The lowest BCUT2D eigenvalue weighted by molar-refractivity contribution is -0.141. The first-order chi connectivity index (χ1) is 14.8. The van der Waals surface area contributed by atoms with Crippen LogP contribution in [0.4, 0.5) is 10.5 Å². The van der Waals surface area contributed by atoms with Crippen molar-refractivity contribution < 1.29 is 29.4 Å². The van der Waals surface area contributed by atoms with Gasteiger partial charge in [0.25, 0.3) is 11.8 Å². The molecule has 160 valence electrons. The van der Waals surface area contributed by atoms with Crippen LogP contribution in [0.5, 0.6) is 0 Å². The van der Waals surface area contributed by atoms with Crippen LogP contribution in [0.1, 0.15) is 28.4 Å². The maximum absolute atomic E-state index is 13.0. The van der Waals surface area contributed by atoms with Gasteiger partial charge in [-0.2, -0.15) is 0 Å². The van der Waals surface area contributed by atoms with Crippen LogP contribution < -0.4 is 10.2 Å². The van der Waals surface area contributed by atoms with Crippen LogP contribution >= 0.6 is 0 Å². The van der Waals surface area contributed by atoms with Crippen molar-refractivity contribution in [1.29, 1.82) is 0 Å². The Bertz CT molecular complexity index is 1020. The van der Waals surface area contributed by atoms with Crippen LogP contribution in [0.15, 0.2) is 48.5 Å². The van der Waals surface area contributed by atoms with Gasteiger partial charge in [-0.15, -0.1) is 0 Å². The number of urea groups is 1. The van der Waals surface area contributed by atoms with E-state index < -0.39 is 36.1 Å². The number of carbonyl (C=O) groups excluding carboxylic acids is 3. The van der Waals surface area contributed by atoms with Gasteiger partial charge in [0.2, 0.25) is 0 Å². The van der Waals surface area contributed by atoms with Crippen LogP contribution in [-0.4, -0.2) is 57.1 Å². The van der Waals surface area contributed by atoms with E-state index in [1.54, 1.807) is 4.90 Å². The van der Waals surface area contributed by atoms with Crippen molar-refractivity contribution in [3.8, 4) is 0 Å². The highest BCUT2D eigenvalue weighted by atomic mass is 16.4. The Kier molecular flexibility index (Phi) is 5.20. The van der Waals surface area contributed by atoms with Gasteiger partial charge in [-0.1, -0.05) is 24.3 Å². The van der Waals surface area contributed by atoms with Crippen molar-refractivity contribution >= 4 is 29.5 Å². The topological polar surface area (TPSA) is 127 Å². The number of nitrogens with one attached hydrogen (secondary N) is 1. The second kappa shape index (κ2) is 7.84. The quantitative estimate of drug-likeness (QED) is 0.619. The van der Waals surface area contributed by atoms with Gasteiger partial charge in [0.15, 0.2) is 6.04 Å². The molecule has 2 aliphatic heterocycles. The second-order valence-corrected chi connectivity index (χ2v) is 7.65. The van der Waals surface area contributed by atoms with Crippen molar-refractivity contribution in [3.05, 3.63) is 65.2 Å². The number of carboxylic acid groups (broad SMARTS) is 1. The first-order valence-corrected chi connectivity index (χ1v) is 9.81. The lowest BCUT2D eigenvalue weighted by atomic mass is 9.95. The minimum atomic E-state index is -1.45. The van der Waals surface area contributed by atoms with Crippen molar-refractivity contribution in [2.24, 2.45) is 0 Å². The zero-order chi connectivity index (χ0) is 22.3. The molecule has 4 amide bonds. The number of rotatable bonds is 5. The van der Waals surface area contributed by atoms with E-state index in [9.17, 15) is 24.3 Å². The summed E-state index contributed by atoms with van der Waals surface area (Å²) in [6, 6.07) is 11.0. The van der Waals surface area contributed by atoms with E-state index in [2.05, 4.69) is 5.32 Å². The van der Waals surface area contributed by atoms with Gasteiger partial charge in [-0.3, -0.25) is 9.59 Å². The van der Waals surface area contributed by atoms with Crippen molar-refractivity contribution in [1.82, 2.24) is 10.2 Å². The number of nitrogens with zero attached hydrogens (tertiary/aromatic N) is 2. The fraction of sp³-hybridized carbons (Fsp3) is 0.273. The molecule has 0 radical (unpaired) electrons. The molecular formula is C22H21N3O6. The van der Waals surface area contributed by atoms with Crippen LogP contribution in [0, 0.1) is 0 Å². The fourth-order valence-corrected chi connectivity index (χ4v) is 3.93. The van der Waals surface area contributed by atoms with Crippen LogP contribution in [0.25, 0.3) is 0 Å². The summed E-state index contributed by atoms with van der Waals surface area (Å²) in [6.07, 6.45) is -0.824. The molecule has 0 spiro atoms. The number of imide groups is 1. The van der Waals surface area contributed by atoms with E-state index in [0.717, 1.165) is 16.0 Å². The van der Waals surface area contributed by atoms with E-state index in [4.69, 9.17) is 5.11 Å². The van der Waals surface area contributed by atoms with Gasteiger partial charge in [-0.25, -0.2) is 14.5 Å². The molecule has 3 N–H and O–H groups in total. The van der Waals surface area contributed by atoms with E-state index in [1.807, 2.05) is 24.3 Å². The number of benzene rings is 2. The van der Waals surface area contributed by atoms with Gasteiger partial charge < -0.3 is 20.4 Å². The maximum Gasteiger partial charge on any atom is 0.332 e. The predicted molar refractivity (Wildman–Crippen MR) is 109 cm³/mol. The molecule has 9 nitrogen and oxygen atoms in total. The zero-order valence-corrected chi connectivity index (χ0v) is 16.7. The highest BCUT2D eigenvalue weighted by molar-refractivity contribution is 6.21. The Balaban J connectivity index is 1.52. The number of anilines is 1. The van der Waals surface area contributed by atoms with Crippen LogP contribution in [-0.2, 0) is 22.6 Å². The van der Waals surface area contributed by atoms with Gasteiger partial charge >= 0.3 is 12.0 Å². The number of fused-ring (bicyclic) bond motifs is 2. The molecule has 0 unspecified atom stereocenters. The molecule has 2 aromatic carbocycles.